The van der Waals surface area contributed by atoms with Crippen LogP contribution in [0.5, 0.6) is 0 Å². The second-order valence-electron chi connectivity index (χ2n) is 2.65. The van der Waals surface area contributed by atoms with Crippen molar-refractivity contribution < 1.29 is 0 Å². The molecular weight excluding hydrogens is 166 g/mol. The van der Waals surface area contributed by atoms with E-state index in [4.69, 9.17) is 11.6 Å². The average molecular weight is 174 g/mol. The van der Waals surface area contributed by atoms with Gasteiger partial charge in [-0.25, -0.2) is 4.98 Å². The van der Waals surface area contributed by atoms with Crippen LogP contribution in [0, 0.1) is 0 Å². The molecule has 1 saturated carbocycles. The third-order valence-electron chi connectivity index (χ3n) is 2.02. The monoisotopic (exact) mass is 173 g/mol. The Morgan fingerprint density at radius 1 is 1.60 bits per heavy atom. The molecule has 1 aliphatic rings. The molecule has 0 aliphatic heterocycles. The molecule has 1 aromatic rings. The van der Waals surface area contributed by atoms with Crippen molar-refractivity contribution in [3.63, 3.8) is 0 Å². The van der Waals surface area contributed by atoms with Crippen LogP contribution in [0.15, 0.2) is 5.38 Å². The average Bonchev–Trinajstić information content (AvgIpc) is 2.10. The molecule has 2 rings (SSSR count). The molecule has 0 bridgehead atoms. The van der Waals surface area contributed by atoms with Gasteiger partial charge in [0.2, 0.25) is 0 Å². The molecule has 0 radical (unpaired) electrons. The molecule has 1 aromatic heterocycles. The minimum absolute atomic E-state index is 0.682. The predicted octanol–water partition coefficient (Wildman–Crippen LogP) is 3.06. The molecule has 0 N–H and O–H groups in total. The third kappa shape index (κ3) is 1.06. The zero-order chi connectivity index (χ0) is 6.97. The lowest BCUT2D eigenvalue weighted by molar-refractivity contribution is 0.413. The number of nitrogens with zero attached hydrogens (tertiary/aromatic N) is 1. The fourth-order valence-corrected chi connectivity index (χ4v) is 2.01. The Hall–Kier alpha value is -0.0800. The Morgan fingerprint density at radius 3 is 2.80 bits per heavy atom. The second kappa shape index (κ2) is 2.51. The van der Waals surface area contributed by atoms with Gasteiger partial charge in [-0.1, -0.05) is 18.0 Å². The zero-order valence-electron chi connectivity index (χ0n) is 5.51. The van der Waals surface area contributed by atoms with Gasteiger partial charge in [0.25, 0.3) is 0 Å². The van der Waals surface area contributed by atoms with Crippen molar-refractivity contribution >= 4 is 22.9 Å². The topological polar surface area (TPSA) is 12.9 Å². The lowest BCUT2D eigenvalue weighted by Gasteiger charge is -2.22. The first-order valence-corrected chi connectivity index (χ1v) is 4.73. The van der Waals surface area contributed by atoms with Crippen LogP contribution in [0.25, 0.3) is 0 Å². The van der Waals surface area contributed by atoms with Crippen molar-refractivity contribution in [3.05, 3.63) is 15.5 Å². The highest BCUT2D eigenvalue weighted by Gasteiger charge is 2.21. The van der Waals surface area contributed by atoms with Gasteiger partial charge >= 0.3 is 0 Å². The molecule has 0 amide bonds. The molecule has 3 heteroatoms. The first-order valence-electron chi connectivity index (χ1n) is 3.47. The molecule has 1 nitrogen and oxygen atoms in total. The molecule has 10 heavy (non-hydrogen) atoms. The largest absolute Gasteiger partial charge is 0.230 e. The summed E-state index contributed by atoms with van der Waals surface area (Å²) in [6.07, 6.45) is 3.97. The van der Waals surface area contributed by atoms with Gasteiger partial charge in [-0.05, 0) is 12.8 Å². The maximum absolute atomic E-state index is 5.69. The quantitative estimate of drug-likeness (QED) is 0.636. The Labute approximate surface area is 69.0 Å². The van der Waals surface area contributed by atoms with E-state index in [0.717, 1.165) is 5.92 Å². The Kier molecular flexibility index (Phi) is 1.66. The third-order valence-corrected chi connectivity index (χ3v) is 3.01. The van der Waals surface area contributed by atoms with Gasteiger partial charge < -0.3 is 0 Å². The lowest BCUT2D eigenvalue weighted by atomic mass is 9.83. The summed E-state index contributed by atoms with van der Waals surface area (Å²) in [4.78, 5) is 4.22. The van der Waals surface area contributed by atoms with E-state index in [1.807, 2.05) is 0 Å². The first kappa shape index (κ1) is 6.62. The van der Waals surface area contributed by atoms with Gasteiger partial charge in [-0.3, -0.25) is 0 Å². The highest BCUT2D eigenvalue weighted by molar-refractivity contribution is 7.13. The van der Waals surface area contributed by atoms with E-state index in [9.17, 15) is 0 Å². The Bertz CT molecular complexity index is 229. The van der Waals surface area contributed by atoms with Crippen LogP contribution in [0.4, 0.5) is 0 Å². The number of aromatic nitrogens is 1. The van der Waals surface area contributed by atoms with Gasteiger partial charge in [0.1, 0.15) is 0 Å². The van der Waals surface area contributed by atoms with Crippen molar-refractivity contribution in [3.8, 4) is 0 Å². The smallest absolute Gasteiger partial charge is 0.183 e. The van der Waals surface area contributed by atoms with E-state index in [1.165, 1.54) is 36.3 Å². The summed E-state index contributed by atoms with van der Waals surface area (Å²) in [5.41, 5.74) is 1.21. The van der Waals surface area contributed by atoms with E-state index >= 15 is 0 Å². The van der Waals surface area contributed by atoms with Crippen LogP contribution in [-0.4, -0.2) is 4.98 Å². The standard InChI is InChI=1S/C7H8ClNS/c8-7-9-6(4-10-7)5-2-1-3-5/h4-5H,1-3H2. The van der Waals surface area contributed by atoms with Crippen molar-refractivity contribution in [1.29, 1.82) is 0 Å². The van der Waals surface area contributed by atoms with Crippen molar-refractivity contribution in [2.75, 3.05) is 0 Å². The molecule has 54 valence electrons. The van der Waals surface area contributed by atoms with Gasteiger partial charge in [0.15, 0.2) is 4.47 Å². The summed E-state index contributed by atoms with van der Waals surface area (Å²) in [5.74, 6) is 0.726. The van der Waals surface area contributed by atoms with E-state index in [-0.39, 0.29) is 0 Å². The van der Waals surface area contributed by atoms with E-state index < -0.39 is 0 Å². The van der Waals surface area contributed by atoms with Gasteiger partial charge in [0.05, 0.1) is 5.69 Å². The highest BCUT2D eigenvalue weighted by atomic mass is 35.5. The van der Waals surface area contributed by atoms with Crippen LogP contribution in [0.3, 0.4) is 0 Å². The normalized spacial score (nSPS) is 18.9. The Balaban J connectivity index is 2.17. The number of hydrogen-bond acceptors (Lipinski definition) is 2. The highest BCUT2D eigenvalue weighted by Crippen LogP contribution is 2.37. The fraction of sp³-hybridized carbons (Fsp3) is 0.571. The molecule has 1 aliphatic carbocycles. The predicted molar refractivity (Wildman–Crippen MR) is 43.7 cm³/mol. The second-order valence-corrected chi connectivity index (χ2v) is 4.09. The minimum atomic E-state index is 0.682. The summed E-state index contributed by atoms with van der Waals surface area (Å²) < 4.78 is 0.682. The fourth-order valence-electron chi connectivity index (χ4n) is 1.15. The Morgan fingerprint density at radius 2 is 2.40 bits per heavy atom. The molecule has 0 spiro atoms. The summed E-state index contributed by atoms with van der Waals surface area (Å²) in [6.45, 7) is 0. The maximum atomic E-state index is 5.69. The molecule has 0 saturated heterocycles. The van der Waals surface area contributed by atoms with E-state index in [2.05, 4.69) is 10.4 Å². The summed E-state index contributed by atoms with van der Waals surface area (Å²) >= 11 is 7.23. The zero-order valence-corrected chi connectivity index (χ0v) is 7.08. The minimum Gasteiger partial charge on any atom is -0.230 e. The molecule has 1 fully saturated rings. The summed E-state index contributed by atoms with van der Waals surface area (Å²) in [5, 5.41) is 2.08. The molecule has 0 atom stereocenters. The van der Waals surface area contributed by atoms with Crippen molar-refractivity contribution in [1.82, 2.24) is 4.98 Å². The number of hydrogen-bond donors (Lipinski definition) is 0. The van der Waals surface area contributed by atoms with Crippen LogP contribution < -0.4 is 0 Å². The lowest BCUT2D eigenvalue weighted by Crippen LogP contribution is -2.08. The first-order chi connectivity index (χ1) is 4.86. The number of rotatable bonds is 1. The molecule has 0 unspecified atom stereocenters. The van der Waals surface area contributed by atoms with Gasteiger partial charge in [0, 0.05) is 11.3 Å². The van der Waals surface area contributed by atoms with Crippen LogP contribution in [0.2, 0.25) is 4.47 Å². The molecule has 1 heterocycles. The van der Waals surface area contributed by atoms with Gasteiger partial charge in [-0.15, -0.1) is 11.3 Å². The summed E-state index contributed by atoms with van der Waals surface area (Å²) in [6, 6.07) is 0. The van der Waals surface area contributed by atoms with Crippen LogP contribution in [0.1, 0.15) is 30.9 Å². The number of thiazole rings is 1. The van der Waals surface area contributed by atoms with Crippen molar-refractivity contribution in [2.24, 2.45) is 0 Å². The van der Waals surface area contributed by atoms with E-state index in [0.29, 0.717) is 4.47 Å². The SMILES string of the molecule is Clc1nc(C2CCC2)cs1. The molecule has 0 aromatic carbocycles. The summed E-state index contributed by atoms with van der Waals surface area (Å²) in [7, 11) is 0. The van der Waals surface area contributed by atoms with E-state index in [1.54, 1.807) is 0 Å². The maximum Gasteiger partial charge on any atom is 0.183 e. The molecular formula is C7H8ClNS. The van der Waals surface area contributed by atoms with Crippen molar-refractivity contribution in [2.45, 2.75) is 25.2 Å². The van der Waals surface area contributed by atoms with Crippen LogP contribution in [-0.2, 0) is 0 Å². The number of halogens is 1. The van der Waals surface area contributed by atoms with Gasteiger partial charge in [-0.2, -0.15) is 0 Å². The van der Waals surface area contributed by atoms with Crippen LogP contribution >= 0.6 is 22.9 Å².